The molecule has 2 aliphatic rings. The predicted octanol–water partition coefficient (Wildman–Crippen LogP) is 2.13. The molecule has 2 fully saturated rings. The van der Waals surface area contributed by atoms with Crippen molar-refractivity contribution >= 4 is 28.8 Å². The smallest absolute Gasteiger partial charge is 0.289 e. The van der Waals surface area contributed by atoms with Crippen molar-refractivity contribution in [1.29, 1.82) is 0 Å². The molecule has 0 unspecified atom stereocenters. The molecule has 6 nitrogen and oxygen atoms in total. The molecule has 3 rings (SSSR count). The third-order valence-electron chi connectivity index (χ3n) is 4.24. The Labute approximate surface area is 145 Å². The van der Waals surface area contributed by atoms with E-state index in [-0.39, 0.29) is 35.5 Å². The number of ether oxygens (including phenoxy) is 1. The topological polar surface area (TPSA) is 66.9 Å². The first kappa shape index (κ1) is 17.0. The summed E-state index contributed by atoms with van der Waals surface area (Å²) >= 11 is 1.02. The Morgan fingerprint density at radius 2 is 2.21 bits per heavy atom. The SMILES string of the molecule is CC[C@H]1CN(C(=O)c2cccc(CN3C(=O)CSC3=O)c2)CCO1. The van der Waals surface area contributed by atoms with Gasteiger partial charge in [0.2, 0.25) is 5.91 Å². The highest BCUT2D eigenvalue weighted by atomic mass is 32.2. The number of imide groups is 1. The lowest BCUT2D eigenvalue weighted by Crippen LogP contribution is -2.45. The van der Waals surface area contributed by atoms with Crippen LogP contribution < -0.4 is 0 Å². The molecule has 2 saturated heterocycles. The molecule has 2 aliphatic heterocycles. The van der Waals surface area contributed by atoms with E-state index in [1.807, 2.05) is 13.0 Å². The monoisotopic (exact) mass is 348 g/mol. The van der Waals surface area contributed by atoms with Crippen molar-refractivity contribution in [2.45, 2.75) is 26.0 Å². The Hall–Kier alpha value is -1.86. The van der Waals surface area contributed by atoms with Gasteiger partial charge in [-0.25, -0.2) is 0 Å². The first-order chi connectivity index (χ1) is 11.6. The second-order valence-electron chi connectivity index (χ2n) is 5.89. The summed E-state index contributed by atoms with van der Waals surface area (Å²) in [5, 5.41) is -0.226. The molecule has 24 heavy (non-hydrogen) atoms. The molecule has 3 amide bonds. The predicted molar refractivity (Wildman–Crippen MR) is 90.8 cm³/mol. The van der Waals surface area contributed by atoms with Gasteiger partial charge < -0.3 is 9.64 Å². The van der Waals surface area contributed by atoms with Crippen molar-refractivity contribution < 1.29 is 19.1 Å². The van der Waals surface area contributed by atoms with Gasteiger partial charge >= 0.3 is 0 Å². The molecule has 1 aromatic rings. The van der Waals surface area contributed by atoms with Gasteiger partial charge in [0.15, 0.2) is 0 Å². The van der Waals surface area contributed by atoms with Crippen LogP contribution in [-0.2, 0) is 16.1 Å². The number of amides is 3. The fraction of sp³-hybridized carbons (Fsp3) is 0.471. The summed E-state index contributed by atoms with van der Waals surface area (Å²) in [5.41, 5.74) is 1.36. The van der Waals surface area contributed by atoms with Crippen LogP contribution in [0.2, 0.25) is 0 Å². The van der Waals surface area contributed by atoms with Crippen LogP contribution in [0.25, 0.3) is 0 Å². The average Bonchev–Trinajstić information content (AvgIpc) is 2.93. The molecule has 0 aliphatic carbocycles. The lowest BCUT2D eigenvalue weighted by molar-refractivity contribution is -0.125. The van der Waals surface area contributed by atoms with Crippen LogP contribution in [0, 0.1) is 0 Å². The molecule has 0 saturated carbocycles. The van der Waals surface area contributed by atoms with Gasteiger partial charge in [-0.15, -0.1) is 0 Å². The zero-order chi connectivity index (χ0) is 17.1. The van der Waals surface area contributed by atoms with Crippen LogP contribution in [0.15, 0.2) is 24.3 Å². The molecule has 1 aromatic carbocycles. The maximum atomic E-state index is 12.7. The second-order valence-corrected chi connectivity index (χ2v) is 6.81. The van der Waals surface area contributed by atoms with Gasteiger partial charge in [0.1, 0.15) is 0 Å². The zero-order valence-electron chi connectivity index (χ0n) is 13.6. The Balaban J connectivity index is 1.71. The van der Waals surface area contributed by atoms with E-state index < -0.39 is 0 Å². The average molecular weight is 348 g/mol. The Bertz CT molecular complexity index is 648. The van der Waals surface area contributed by atoms with Crippen LogP contribution in [-0.4, -0.2) is 58.4 Å². The molecule has 0 radical (unpaired) electrons. The summed E-state index contributed by atoms with van der Waals surface area (Å²) in [6.07, 6.45) is 0.962. The van der Waals surface area contributed by atoms with Crippen LogP contribution in [0.4, 0.5) is 4.79 Å². The van der Waals surface area contributed by atoms with Crippen LogP contribution >= 0.6 is 11.8 Å². The number of rotatable bonds is 4. The molecule has 7 heteroatoms. The van der Waals surface area contributed by atoms with E-state index in [0.29, 0.717) is 25.3 Å². The summed E-state index contributed by atoms with van der Waals surface area (Å²) in [6.45, 7) is 3.99. The van der Waals surface area contributed by atoms with Gasteiger partial charge in [-0.3, -0.25) is 19.3 Å². The van der Waals surface area contributed by atoms with E-state index in [1.54, 1.807) is 23.1 Å². The van der Waals surface area contributed by atoms with Crippen LogP contribution in [0.3, 0.4) is 0 Å². The molecular formula is C17H20N2O4S. The number of hydrogen-bond acceptors (Lipinski definition) is 5. The normalized spacial score (nSPS) is 21.5. The molecule has 1 atom stereocenters. The van der Waals surface area contributed by atoms with Gasteiger partial charge in [-0.05, 0) is 24.1 Å². The standard InChI is InChI=1S/C17H20N2O4S/c1-2-14-10-18(6-7-23-14)16(21)13-5-3-4-12(8-13)9-19-15(20)11-24-17(19)22/h3-5,8,14H,2,6-7,9-11H2,1H3/t14-/m0/s1. The summed E-state index contributed by atoms with van der Waals surface area (Å²) in [5.74, 6) is -0.0170. The third kappa shape index (κ3) is 3.62. The van der Waals surface area contributed by atoms with Crippen LogP contribution in [0.1, 0.15) is 29.3 Å². The van der Waals surface area contributed by atoms with Gasteiger partial charge in [-0.1, -0.05) is 30.8 Å². The Morgan fingerprint density at radius 3 is 2.92 bits per heavy atom. The number of thioether (sulfide) groups is 1. The minimum atomic E-state index is -0.226. The summed E-state index contributed by atoms with van der Waals surface area (Å²) < 4.78 is 5.60. The van der Waals surface area contributed by atoms with Gasteiger partial charge in [0.05, 0.1) is 25.0 Å². The van der Waals surface area contributed by atoms with E-state index in [2.05, 4.69) is 0 Å². The number of morpholine rings is 1. The number of hydrogen-bond donors (Lipinski definition) is 0. The Morgan fingerprint density at radius 1 is 1.38 bits per heavy atom. The van der Waals surface area contributed by atoms with E-state index in [9.17, 15) is 14.4 Å². The van der Waals surface area contributed by atoms with Crippen molar-refractivity contribution in [2.24, 2.45) is 0 Å². The van der Waals surface area contributed by atoms with Crippen LogP contribution in [0.5, 0.6) is 0 Å². The number of nitrogens with zero attached hydrogens (tertiary/aromatic N) is 2. The number of carbonyl (C=O) groups is 3. The minimum absolute atomic E-state index is 0.0351. The highest BCUT2D eigenvalue weighted by Gasteiger charge is 2.30. The fourth-order valence-electron chi connectivity index (χ4n) is 2.85. The van der Waals surface area contributed by atoms with E-state index in [0.717, 1.165) is 23.7 Å². The lowest BCUT2D eigenvalue weighted by atomic mass is 10.1. The van der Waals surface area contributed by atoms with Crippen molar-refractivity contribution in [3.8, 4) is 0 Å². The summed E-state index contributed by atoms with van der Waals surface area (Å²) in [4.78, 5) is 39.2. The minimum Gasteiger partial charge on any atom is -0.375 e. The highest BCUT2D eigenvalue weighted by molar-refractivity contribution is 8.14. The second kappa shape index (κ2) is 7.36. The molecule has 0 spiro atoms. The van der Waals surface area contributed by atoms with Gasteiger partial charge in [0, 0.05) is 18.7 Å². The first-order valence-electron chi connectivity index (χ1n) is 8.05. The lowest BCUT2D eigenvalue weighted by Gasteiger charge is -2.32. The molecule has 2 heterocycles. The fourth-order valence-corrected chi connectivity index (χ4v) is 3.58. The molecule has 0 bridgehead atoms. The maximum Gasteiger partial charge on any atom is 0.289 e. The summed E-state index contributed by atoms with van der Waals surface area (Å²) in [6, 6.07) is 7.15. The molecule has 0 aromatic heterocycles. The van der Waals surface area contributed by atoms with Crippen molar-refractivity contribution in [3.05, 3.63) is 35.4 Å². The van der Waals surface area contributed by atoms with E-state index in [4.69, 9.17) is 4.74 Å². The Kier molecular flexibility index (Phi) is 5.20. The quantitative estimate of drug-likeness (QED) is 0.834. The zero-order valence-corrected chi connectivity index (χ0v) is 14.4. The van der Waals surface area contributed by atoms with E-state index >= 15 is 0 Å². The number of carbonyl (C=O) groups excluding carboxylic acids is 3. The third-order valence-corrected chi connectivity index (χ3v) is 5.10. The van der Waals surface area contributed by atoms with Crippen molar-refractivity contribution in [1.82, 2.24) is 9.80 Å². The maximum absolute atomic E-state index is 12.7. The van der Waals surface area contributed by atoms with Crippen molar-refractivity contribution in [3.63, 3.8) is 0 Å². The largest absolute Gasteiger partial charge is 0.375 e. The van der Waals surface area contributed by atoms with Crippen molar-refractivity contribution in [2.75, 3.05) is 25.4 Å². The number of benzene rings is 1. The van der Waals surface area contributed by atoms with Gasteiger partial charge in [-0.2, -0.15) is 0 Å². The summed E-state index contributed by atoms with van der Waals surface area (Å²) in [7, 11) is 0. The highest BCUT2D eigenvalue weighted by Crippen LogP contribution is 2.22. The molecule has 0 N–H and O–H groups in total. The van der Waals surface area contributed by atoms with E-state index in [1.165, 1.54) is 4.90 Å². The molecule has 128 valence electrons. The first-order valence-corrected chi connectivity index (χ1v) is 9.04. The van der Waals surface area contributed by atoms with Gasteiger partial charge in [0.25, 0.3) is 11.1 Å². The molecular weight excluding hydrogens is 328 g/mol.